The van der Waals surface area contributed by atoms with Crippen LogP contribution in [0.3, 0.4) is 0 Å². The third-order valence-electron chi connectivity index (χ3n) is 4.77. The van der Waals surface area contributed by atoms with Crippen molar-refractivity contribution in [1.82, 2.24) is 15.3 Å². The lowest BCUT2D eigenvalue weighted by molar-refractivity contribution is 0.447. The lowest BCUT2D eigenvalue weighted by Crippen LogP contribution is -2.44. The molecule has 2 heterocycles. The zero-order valence-electron chi connectivity index (χ0n) is 16.0. The summed E-state index contributed by atoms with van der Waals surface area (Å²) in [5.74, 6) is 1.48. The number of nitrogens with two attached hydrogens (primary N) is 1. The maximum atomic E-state index is 9.15. The van der Waals surface area contributed by atoms with E-state index >= 15 is 0 Å². The average Bonchev–Trinajstić information content (AvgIpc) is 2.67. The second-order valence-corrected chi connectivity index (χ2v) is 6.95. The SMILES string of the molecule is CCCc1cc(N2CCC[C@@H](NC)C2)nc(Nc2cc(N)cc(C#N)c2)n1. The van der Waals surface area contributed by atoms with Crippen LogP contribution in [0.2, 0.25) is 0 Å². The van der Waals surface area contributed by atoms with E-state index in [9.17, 15) is 0 Å². The van der Waals surface area contributed by atoms with E-state index in [4.69, 9.17) is 16.0 Å². The summed E-state index contributed by atoms with van der Waals surface area (Å²) in [4.78, 5) is 11.7. The minimum absolute atomic E-state index is 0.479. The quantitative estimate of drug-likeness (QED) is 0.676. The molecule has 1 aliphatic heterocycles. The van der Waals surface area contributed by atoms with E-state index in [-0.39, 0.29) is 0 Å². The molecule has 0 aliphatic carbocycles. The van der Waals surface area contributed by atoms with Crippen LogP contribution < -0.4 is 21.3 Å². The number of hydrogen-bond acceptors (Lipinski definition) is 7. The van der Waals surface area contributed by atoms with Crippen LogP contribution in [0.25, 0.3) is 0 Å². The molecule has 7 heteroatoms. The molecule has 1 saturated heterocycles. The molecule has 1 aromatic carbocycles. The molecule has 0 saturated carbocycles. The monoisotopic (exact) mass is 365 g/mol. The highest BCUT2D eigenvalue weighted by Gasteiger charge is 2.20. The molecule has 3 rings (SSSR count). The maximum absolute atomic E-state index is 9.15. The standard InChI is InChI=1S/C20H27N7/c1-3-5-16-11-19(27-7-4-6-17(13-27)23-2)26-20(24-16)25-18-9-14(12-21)8-15(22)10-18/h8-11,17,23H,3-7,13,22H2,1-2H3,(H,24,25,26)/t17-/m1/s1. The Labute approximate surface area is 160 Å². The first-order valence-electron chi connectivity index (χ1n) is 9.49. The van der Waals surface area contributed by atoms with Gasteiger partial charge in [-0.25, -0.2) is 4.98 Å². The highest BCUT2D eigenvalue weighted by molar-refractivity contribution is 5.64. The van der Waals surface area contributed by atoms with Crippen molar-refractivity contribution >= 4 is 23.1 Å². The second kappa shape index (κ2) is 8.69. The maximum Gasteiger partial charge on any atom is 0.229 e. The van der Waals surface area contributed by atoms with E-state index in [2.05, 4.69) is 39.6 Å². The van der Waals surface area contributed by atoms with Crippen LogP contribution in [-0.4, -0.2) is 36.1 Å². The van der Waals surface area contributed by atoms with Crippen molar-refractivity contribution in [2.45, 2.75) is 38.6 Å². The van der Waals surface area contributed by atoms with Gasteiger partial charge in [-0.2, -0.15) is 10.2 Å². The summed E-state index contributed by atoms with van der Waals surface area (Å²) in [7, 11) is 2.01. The number of nitrogens with zero attached hydrogens (tertiary/aromatic N) is 4. The fraction of sp³-hybridized carbons (Fsp3) is 0.450. The van der Waals surface area contributed by atoms with Crippen molar-refractivity contribution in [1.29, 1.82) is 5.26 Å². The fourth-order valence-corrected chi connectivity index (χ4v) is 3.42. The van der Waals surface area contributed by atoms with Gasteiger partial charge in [-0.05, 0) is 44.5 Å². The topological polar surface area (TPSA) is 103 Å². The molecule has 1 aromatic heterocycles. The largest absolute Gasteiger partial charge is 0.399 e. The molecule has 0 unspecified atom stereocenters. The highest BCUT2D eigenvalue weighted by Crippen LogP contribution is 2.24. The van der Waals surface area contributed by atoms with Crippen molar-refractivity contribution in [3.8, 4) is 6.07 Å². The van der Waals surface area contributed by atoms with Crippen LogP contribution in [0, 0.1) is 11.3 Å². The third-order valence-corrected chi connectivity index (χ3v) is 4.77. The second-order valence-electron chi connectivity index (χ2n) is 6.95. The summed E-state index contributed by atoms with van der Waals surface area (Å²) in [5.41, 5.74) is 8.68. The molecule has 0 spiro atoms. The van der Waals surface area contributed by atoms with Crippen LogP contribution in [0.15, 0.2) is 24.3 Å². The molecule has 0 amide bonds. The smallest absolute Gasteiger partial charge is 0.229 e. The number of aryl methyl sites for hydroxylation is 1. The van der Waals surface area contributed by atoms with Crippen molar-refractivity contribution in [3.05, 3.63) is 35.5 Å². The lowest BCUT2D eigenvalue weighted by atomic mass is 10.1. The molecule has 1 atom stereocenters. The van der Waals surface area contributed by atoms with Crippen LogP contribution in [0.5, 0.6) is 0 Å². The van der Waals surface area contributed by atoms with Crippen LogP contribution in [-0.2, 0) is 6.42 Å². The molecule has 0 radical (unpaired) electrons. The van der Waals surface area contributed by atoms with Crippen molar-refractivity contribution < 1.29 is 0 Å². The van der Waals surface area contributed by atoms with Gasteiger partial charge in [0, 0.05) is 42.3 Å². The summed E-state index contributed by atoms with van der Waals surface area (Å²) in [6.45, 7) is 4.08. The van der Waals surface area contributed by atoms with Gasteiger partial charge in [0.25, 0.3) is 0 Å². The van der Waals surface area contributed by atoms with Gasteiger partial charge in [-0.3, -0.25) is 0 Å². The molecule has 1 aliphatic rings. The number of aromatic nitrogens is 2. The number of piperidine rings is 1. The van der Waals surface area contributed by atoms with E-state index in [0.29, 0.717) is 23.2 Å². The van der Waals surface area contributed by atoms with Gasteiger partial charge in [0.05, 0.1) is 11.6 Å². The van der Waals surface area contributed by atoms with E-state index < -0.39 is 0 Å². The minimum Gasteiger partial charge on any atom is -0.399 e. The van der Waals surface area contributed by atoms with Crippen LogP contribution in [0.1, 0.15) is 37.4 Å². The van der Waals surface area contributed by atoms with Crippen molar-refractivity contribution in [2.75, 3.05) is 36.1 Å². The molecular weight excluding hydrogens is 338 g/mol. The highest BCUT2D eigenvalue weighted by atomic mass is 15.2. The predicted octanol–water partition coefficient (Wildman–Crippen LogP) is 2.81. The van der Waals surface area contributed by atoms with E-state index in [1.54, 1.807) is 18.2 Å². The van der Waals surface area contributed by atoms with Gasteiger partial charge < -0.3 is 21.3 Å². The summed E-state index contributed by atoms with van der Waals surface area (Å²) in [6, 6.07) is 9.88. The van der Waals surface area contributed by atoms with Gasteiger partial charge in [0.1, 0.15) is 5.82 Å². The molecule has 0 bridgehead atoms. The Morgan fingerprint density at radius 2 is 2.15 bits per heavy atom. The predicted molar refractivity (Wildman–Crippen MR) is 109 cm³/mol. The molecule has 7 nitrogen and oxygen atoms in total. The molecule has 27 heavy (non-hydrogen) atoms. The lowest BCUT2D eigenvalue weighted by Gasteiger charge is -2.33. The fourth-order valence-electron chi connectivity index (χ4n) is 3.42. The zero-order valence-corrected chi connectivity index (χ0v) is 16.0. The first-order valence-corrected chi connectivity index (χ1v) is 9.49. The number of nitrogens with one attached hydrogen (secondary N) is 2. The molecular formula is C20H27N7. The summed E-state index contributed by atoms with van der Waals surface area (Å²) >= 11 is 0. The third kappa shape index (κ3) is 4.86. The van der Waals surface area contributed by atoms with Crippen molar-refractivity contribution in [2.24, 2.45) is 0 Å². The van der Waals surface area contributed by atoms with Gasteiger partial charge >= 0.3 is 0 Å². The minimum atomic E-state index is 0.479. The molecule has 4 N–H and O–H groups in total. The Bertz CT molecular complexity index is 828. The average molecular weight is 365 g/mol. The Balaban J connectivity index is 1.89. The zero-order chi connectivity index (χ0) is 19.2. The molecule has 1 fully saturated rings. The number of nitriles is 1. The van der Waals surface area contributed by atoms with Gasteiger partial charge in [0.15, 0.2) is 0 Å². The Morgan fingerprint density at radius 1 is 1.30 bits per heavy atom. The number of anilines is 4. The first-order chi connectivity index (χ1) is 13.1. The summed E-state index contributed by atoms with van der Waals surface area (Å²) in [6.07, 6.45) is 4.24. The van der Waals surface area contributed by atoms with Crippen LogP contribution >= 0.6 is 0 Å². The number of nitrogen functional groups attached to an aromatic ring is 1. The van der Waals surface area contributed by atoms with Crippen LogP contribution in [0.4, 0.5) is 23.1 Å². The summed E-state index contributed by atoms with van der Waals surface area (Å²) < 4.78 is 0. The van der Waals surface area contributed by atoms with E-state index in [0.717, 1.165) is 49.6 Å². The van der Waals surface area contributed by atoms with E-state index in [1.165, 1.54) is 6.42 Å². The molecule has 2 aromatic rings. The molecule has 142 valence electrons. The Morgan fingerprint density at radius 3 is 2.89 bits per heavy atom. The first kappa shape index (κ1) is 18.9. The van der Waals surface area contributed by atoms with Gasteiger partial charge in [0.2, 0.25) is 5.95 Å². The van der Waals surface area contributed by atoms with Gasteiger partial charge in [-0.1, -0.05) is 13.3 Å². The number of rotatable bonds is 6. The van der Waals surface area contributed by atoms with Crippen molar-refractivity contribution in [3.63, 3.8) is 0 Å². The number of likely N-dealkylation sites (N-methyl/N-ethyl adjacent to an activating group) is 1. The number of hydrogen-bond donors (Lipinski definition) is 3. The number of benzene rings is 1. The van der Waals surface area contributed by atoms with E-state index in [1.807, 2.05) is 7.05 Å². The normalized spacial score (nSPS) is 16.8. The Kier molecular flexibility index (Phi) is 6.09. The summed E-state index contributed by atoms with van der Waals surface area (Å²) in [5, 5.41) is 15.8. The Hall–Kier alpha value is -2.85. The van der Waals surface area contributed by atoms with Gasteiger partial charge in [-0.15, -0.1) is 0 Å².